The van der Waals surface area contributed by atoms with Crippen LogP contribution in [-0.2, 0) is 26.2 Å². The van der Waals surface area contributed by atoms with E-state index in [1.165, 1.54) is 17.0 Å². The van der Waals surface area contributed by atoms with Gasteiger partial charge in [0.1, 0.15) is 24.1 Å². The molecule has 44 heavy (non-hydrogen) atoms. The number of rotatable bonds is 11. The summed E-state index contributed by atoms with van der Waals surface area (Å²) in [5.74, 6) is 0.258. The van der Waals surface area contributed by atoms with E-state index in [0.717, 1.165) is 14.3 Å². The Morgan fingerprint density at radius 2 is 1.43 bits per heavy atom. The molecule has 0 heterocycles. The normalized spacial score (nSPS) is 12.2. The van der Waals surface area contributed by atoms with Gasteiger partial charge in [-0.3, -0.25) is 13.9 Å². The summed E-state index contributed by atoms with van der Waals surface area (Å²) in [6.45, 7) is 6.78. The first kappa shape index (κ1) is 32.8. The van der Waals surface area contributed by atoms with Gasteiger partial charge in [0.15, 0.2) is 0 Å². The molecule has 0 aliphatic rings. The van der Waals surface area contributed by atoms with Crippen molar-refractivity contribution < 1.29 is 22.7 Å². The van der Waals surface area contributed by atoms with E-state index in [4.69, 9.17) is 4.74 Å². The number of nitrogens with zero attached hydrogens (tertiary/aromatic N) is 2. The van der Waals surface area contributed by atoms with E-state index in [9.17, 15) is 18.0 Å². The molecule has 8 nitrogen and oxygen atoms in total. The fraction of sp³-hybridized carbons (Fsp3) is 0.235. The second-order valence-electron chi connectivity index (χ2n) is 11.3. The van der Waals surface area contributed by atoms with E-state index in [1.807, 2.05) is 75.4 Å². The summed E-state index contributed by atoms with van der Waals surface area (Å²) >= 11 is 3.46. The highest BCUT2D eigenvalue weighted by atomic mass is 79.9. The first-order valence-corrected chi connectivity index (χ1v) is 16.3. The molecule has 1 N–H and O–H groups in total. The Kier molecular flexibility index (Phi) is 10.5. The number of para-hydroxylation sites is 1. The Morgan fingerprint density at radius 3 is 2.02 bits per heavy atom. The average Bonchev–Trinajstić information content (AvgIpc) is 2.99. The predicted octanol–water partition coefficient (Wildman–Crippen LogP) is 6.77. The average molecular weight is 679 g/mol. The topological polar surface area (TPSA) is 96.0 Å². The summed E-state index contributed by atoms with van der Waals surface area (Å²) in [6.07, 6.45) is 0. The maximum Gasteiger partial charge on any atom is 0.264 e. The zero-order valence-electron chi connectivity index (χ0n) is 25.1. The highest BCUT2D eigenvalue weighted by Gasteiger charge is 2.33. The van der Waals surface area contributed by atoms with Crippen LogP contribution in [0.2, 0.25) is 0 Å². The van der Waals surface area contributed by atoms with Gasteiger partial charge in [0.25, 0.3) is 10.0 Å². The van der Waals surface area contributed by atoms with Crippen LogP contribution in [0.5, 0.6) is 11.5 Å². The van der Waals surface area contributed by atoms with Gasteiger partial charge >= 0.3 is 0 Å². The Balaban J connectivity index is 1.70. The van der Waals surface area contributed by atoms with Gasteiger partial charge in [-0.25, -0.2) is 8.42 Å². The van der Waals surface area contributed by atoms with Crippen LogP contribution >= 0.6 is 15.9 Å². The Hall–Kier alpha value is -4.15. The third-order valence-electron chi connectivity index (χ3n) is 6.62. The summed E-state index contributed by atoms with van der Waals surface area (Å²) < 4.78 is 35.8. The monoisotopic (exact) mass is 677 g/mol. The molecule has 0 aromatic heterocycles. The number of hydrogen-bond acceptors (Lipinski definition) is 5. The molecule has 0 bridgehead atoms. The number of ether oxygens (including phenoxy) is 1. The number of halogens is 1. The number of carbonyl (C=O) groups excluding carboxylic acids is 2. The quantitative estimate of drug-likeness (QED) is 0.189. The molecule has 0 radical (unpaired) electrons. The number of sulfonamides is 1. The van der Waals surface area contributed by atoms with Gasteiger partial charge in [-0.2, -0.15) is 0 Å². The lowest BCUT2D eigenvalue weighted by atomic mass is 10.1. The van der Waals surface area contributed by atoms with Crippen LogP contribution in [0, 0.1) is 0 Å². The van der Waals surface area contributed by atoms with E-state index < -0.39 is 34.1 Å². The van der Waals surface area contributed by atoms with Gasteiger partial charge in [0.2, 0.25) is 11.8 Å². The lowest BCUT2D eigenvalue weighted by Gasteiger charge is -2.33. The second-order valence-corrected chi connectivity index (χ2v) is 14.1. The molecule has 2 amide bonds. The molecule has 4 aromatic carbocycles. The minimum Gasteiger partial charge on any atom is -0.457 e. The largest absolute Gasteiger partial charge is 0.457 e. The minimum absolute atomic E-state index is 0.0366. The first-order valence-electron chi connectivity index (χ1n) is 14.1. The van der Waals surface area contributed by atoms with Crippen LogP contribution in [0.3, 0.4) is 0 Å². The van der Waals surface area contributed by atoms with Crippen molar-refractivity contribution in [3.63, 3.8) is 0 Å². The molecule has 0 aliphatic heterocycles. The maximum absolute atomic E-state index is 14.1. The van der Waals surface area contributed by atoms with Crippen molar-refractivity contribution in [3.05, 3.63) is 119 Å². The summed E-state index contributed by atoms with van der Waals surface area (Å²) in [7, 11) is -4.17. The van der Waals surface area contributed by atoms with E-state index in [-0.39, 0.29) is 23.0 Å². The van der Waals surface area contributed by atoms with Crippen LogP contribution < -0.4 is 14.4 Å². The third-order valence-corrected chi connectivity index (χ3v) is 8.90. The van der Waals surface area contributed by atoms with Crippen molar-refractivity contribution in [1.82, 2.24) is 10.2 Å². The first-order chi connectivity index (χ1) is 20.8. The summed E-state index contributed by atoms with van der Waals surface area (Å²) in [5.41, 5.74) is 0.530. The van der Waals surface area contributed by atoms with Crippen molar-refractivity contribution in [1.29, 1.82) is 0 Å². The smallest absolute Gasteiger partial charge is 0.264 e. The summed E-state index contributed by atoms with van der Waals surface area (Å²) in [4.78, 5) is 28.8. The lowest BCUT2D eigenvalue weighted by molar-refractivity contribution is -0.140. The number of nitrogens with one attached hydrogen (secondary N) is 1. The van der Waals surface area contributed by atoms with Crippen molar-refractivity contribution in [3.8, 4) is 11.5 Å². The van der Waals surface area contributed by atoms with Gasteiger partial charge in [-0.1, -0.05) is 64.5 Å². The molecule has 0 fully saturated rings. The fourth-order valence-corrected chi connectivity index (χ4v) is 6.32. The molecule has 1 atom stereocenters. The Labute approximate surface area is 267 Å². The maximum atomic E-state index is 14.1. The fourth-order valence-electron chi connectivity index (χ4n) is 4.44. The van der Waals surface area contributed by atoms with Crippen molar-refractivity contribution in [2.45, 2.75) is 50.7 Å². The summed E-state index contributed by atoms with van der Waals surface area (Å²) in [5, 5.41) is 2.93. The molecule has 4 rings (SSSR count). The van der Waals surface area contributed by atoms with Gasteiger partial charge in [-0.15, -0.1) is 0 Å². The third kappa shape index (κ3) is 8.70. The van der Waals surface area contributed by atoms with Gasteiger partial charge in [0.05, 0.1) is 10.6 Å². The zero-order valence-corrected chi connectivity index (χ0v) is 27.5. The summed E-state index contributed by atoms with van der Waals surface area (Å²) in [6, 6.07) is 30.2. The molecule has 0 spiro atoms. The number of hydrogen-bond donors (Lipinski definition) is 1. The van der Waals surface area contributed by atoms with Crippen LogP contribution in [-0.4, -0.2) is 43.3 Å². The van der Waals surface area contributed by atoms with Crippen LogP contribution in [0.15, 0.2) is 119 Å². The Bertz CT molecular complexity index is 1680. The number of carbonyl (C=O) groups is 2. The van der Waals surface area contributed by atoms with E-state index in [1.54, 1.807) is 49.4 Å². The molecule has 230 valence electrons. The van der Waals surface area contributed by atoms with Crippen molar-refractivity contribution >= 4 is 43.5 Å². The van der Waals surface area contributed by atoms with Crippen LogP contribution in [0.25, 0.3) is 0 Å². The molecular weight excluding hydrogens is 642 g/mol. The highest BCUT2D eigenvalue weighted by Crippen LogP contribution is 2.28. The number of anilines is 1. The molecule has 0 unspecified atom stereocenters. The molecular formula is C34H36BrN3O5S. The SMILES string of the molecule is C[C@@H](C(=O)NC(C)(C)C)N(Cc1cccc(Br)c1)C(=O)CN(c1ccc(Oc2ccccc2)cc1)S(=O)(=O)c1ccccc1. The number of benzene rings is 4. The Morgan fingerprint density at radius 1 is 0.841 bits per heavy atom. The van der Waals surface area contributed by atoms with Crippen molar-refractivity contribution in [2.24, 2.45) is 0 Å². The standard InChI is InChI=1S/C34H36BrN3O5S/c1-25(33(40)36-34(2,3)4)37(23-26-12-11-13-27(35)22-26)32(39)24-38(44(41,42)31-16-9-6-10-17-31)28-18-20-30(21-19-28)43-29-14-7-5-8-15-29/h5-22,25H,23-24H2,1-4H3,(H,36,40)/t25-/m0/s1. The van der Waals surface area contributed by atoms with Crippen LogP contribution in [0.4, 0.5) is 5.69 Å². The van der Waals surface area contributed by atoms with Crippen LogP contribution in [0.1, 0.15) is 33.3 Å². The minimum atomic E-state index is -4.17. The zero-order chi connectivity index (χ0) is 31.9. The molecule has 4 aromatic rings. The van der Waals surface area contributed by atoms with Gasteiger partial charge in [0, 0.05) is 16.6 Å². The van der Waals surface area contributed by atoms with E-state index >= 15 is 0 Å². The van der Waals surface area contributed by atoms with Gasteiger partial charge in [-0.05, 0) is 93.9 Å². The van der Waals surface area contributed by atoms with E-state index in [2.05, 4.69) is 21.2 Å². The van der Waals surface area contributed by atoms with Gasteiger partial charge < -0.3 is 15.0 Å². The molecule has 0 saturated heterocycles. The second kappa shape index (κ2) is 14.1. The predicted molar refractivity (Wildman–Crippen MR) is 176 cm³/mol. The highest BCUT2D eigenvalue weighted by molar-refractivity contribution is 9.10. The molecule has 0 saturated carbocycles. The lowest BCUT2D eigenvalue weighted by Crippen LogP contribution is -2.54. The van der Waals surface area contributed by atoms with Crippen molar-refractivity contribution in [2.75, 3.05) is 10.8 Å². The number of amides is 2. The molecule has 0 aliphatic carbocycles. The molecule has 10 heteroatoms. The van der Waals surface area contributed by atoms with E-state index in [0.29, 0.717) is 11.5 Å².